The number of H-pyrrole nitrogens is 1. The van der Waals surface area contributed by atoms with Crippen molar-refractivity contribution >= 4 is 23.6 Å². The minimum atomic E-state index is -0.357. The van der Waals surface area contributed by atoms with Gasteiger partial charge >= 0.3 is 0 Å². The van der Waals surface area contributed by atoms with Crippen molar-refractivity contribution in [3.63, 3.8) is 0 Å². The largest absolute Gasteiger partial charge is 0.357 e. The van der Waals surface area contributed by atoms with Gasteiger partial charge in [-0.05, 0) is 12.1 Å². The van der Waals surface area contributed by atoms with Crippen LogP contribution in [0.4, 0.5) is 0 Å². The van der Waals surface area contributed by atoms with E-state index in [1.54, 1.807) is 18.3 Å². The summed E-state index contributed by atoms with van der Waals surface area (Å²) in [6.45, 7) is 6.09. The fourth-order valence-corrected chi connectivity index (χ4v) is 1.62. The van der Waals surface area contributed by atoms with Crippen LogP contribution in [-0.4, -0.2) is 27.3 Å². The Morgan fingerprint density at radius 1 is 1.35 bits per heavy atom. The van der Waals surface area contributed by atoms with Gasteiger partial charge in [0, 0.05) is 10.9 Å². The summed E-state index contributed by atoms with van der Waals surface area (Å²) < 4.78 is 0.0286. The molecule has 3 N–H and O–H groups in total. The van der Waals surface area contributed by atoms with Crippen molar-refractivity contribution in [2.24, 2.45) is 0 Å². The molecule has 0 saturated heterocycles. The molecule has 5 nitrogen and oxygen atoms in total. The first-order chi connectivity index (χ1) is 7.88. The standard InChI is InChI=1S/C11H17N3O2S/c1-11(2,3)17-7-9(15)13-14-10(16)8-5-4-6-12-8/h4-6,12H,7H2,1-3H3,(H,13,15)(H,14,16). The van der Waals surface area contributed by atoms with Crippen molar-refractivity contribution < 1.29 is 9.59 Å². The van der Waals surface area contributed by atoms with E-state index in [0.29, 0.717) is 11.4 Å². The molecular weight excluding hydrogens is 238 g/mol. The molecule has 0 fully saturated rings. The minimum absolute atomic E-state index is 0.0286. The first-order valence-electron chi connectivity index (χ1n) is 5.25. The summed E-state index contributed by atoms with van der Waals surface area (Å²) in [5.41, 5.74) is 5.11. The zero-order valence-electron chi connectivity index (χ0n) is 10.2. The molecule has 0 saturated carbocycles. The lowest BCUT2D eigenvalue weighted by Crippen LogP contribution is -2.43. The average Bonchev–Trinajstić information content (AvgIpc) is 2.75. The number of carbonyl (C=O) groups excluding carboxylic acids is 2. The minimum Gasteiger partial charge on any atom is -0.357 e. The van der Waals surface area contributed by atoms with E-state index in [-0.39, 0.29) is 16.6 Å². The van der Waals surface area contributed by atoms with Gasteiger partial charge in [0.2, 0.25) is 5.91 Å². The Bertz CT molecular complexity index is 382. The van der Waals surface area contributed by atoms with Gasteiger partial charge in [-0.1, -0.05) is 20.8 Å². The number of carbonyl (C=O) groups is 2. The summed E-state index contributed by atoms with van der Waals surface area (Å²) >= 11 is 1.52. The molecule has 1 rings (SSSR count). The van der Waals surface area contributed by atoms with Crippen molar-refractivity contribution in [2.75, 3.05) is 5.75 Å². The molecule has 0 aromatic carbocycles. The fraction of sp³-hybridized carbons (Fsp3) is 0.455. The lowest BCUT2D eigenvalue weighted by atomic mass is 10.3. The fourth-order valence-electron chi connectivity index (χ4n) is 0.984. The van der Waals surface area contributed by atoms with Crippen molar-refractivity contribution in [1.29, 1.82) is 0 Å². The second-order valence-electron chi connectivity index (χ2n) is 4.49. The van der Waals surface area contributed by atoms with Crippen LogP contribution in [0.1, 0.15) is 31.3 Å². The first-order valence-corrected chi connectivity index (χ1v) is 6.23. The number of aromatic amines is 1. The maximum atomic E-state index is 11.4. The van der Waals surface area contributed by atoms with E-state index in [4.69, 9.17) is 0 Å². The van der Waals surface area contributed by atoms with Crippen LogP contribution in [0.3, 0.4) is 0 Å². The second kappa shape index (κ2) is 5.77. The van der Waals surface area contributed by atoms with Crippen molar-refractivity contribution in [1.82, 2.24) is 15.8 Å². The Kier molecular flexibility index (Phi) is 4.62. The highest BCUT2D eigenvalue weighted by Gasteiger charge is 2.14. The van der Waals surface area contributed by atoms with Crippen LogP contribution in [0.25, 0.3) is 0 Å². The lowest BCUT2D eigenvalue weighted by molar-refractivity contribution is -0.119. The predicted molar refractivity (Wildman–Crippen MR) is 68.6 cm³/mol. The highest BCUT2D eigenvalue weighted by atomic mass is 32.2. The van der Waals surface area contributed by atoms with Gasteiger partial charge in [0.15, 0.2) is 0 Å². The van der Waals surface area contributed by atoms with Gasteiger partial charge in [-0.3, -0.25) is 20.4 Å². The lowest BCUT2D eigenvalue weighted by Gasteiger charge is -2.16. The van der Waals surface area contributed by atoms with Gasteiger partial charge < -0.3 is 4.98 Å². The summed E-state index contributed by atoms with van der Waals surface area (Å²) in [7, 11) is 0. The molecule has 1 aromatic heterocycles. The monoisotopic (exact) mass is 255 g/mol. The van der Waals surface area contributed by atoms with E-state index in [2.05, 4.69) is 15.8 Å². The molecule has 2 amide bonds. The molecule has 0 radical (unpaired) electrons. The highest BCUT2D eigenvalue weighted by Crippen LogP contribution is 2.22. The predicted octanol–water partition coefficient (Wildman–Crippen LogP) is 1.31. The first kappa shape index (κ1) is 13.6. The van der Waals surface area contributed by atoms with E-state index in [1.807, 2.05) is 20.8 Å². The van der Waals surface area contributed by atoms with Gasteiger partial charge in [0.1, 0.15) is 5.69 Å². The molecule has 1 aromatic rings. The van der Waals surface area contributed by atoms with Gasteiger partial charge in [0.25, 0.3) is 5.91 Å². The molecule has 17 heavy (non-hydrogen) atoms. The summed E-state index contributed by atoms with van der Waals surface area (Å²) in [5, 5.41) is 0. The number of nitrogens with one attached hydrogen (secondary N) is 3. The molecular formula is C11H17N3O2S. The molecule has 6 heteroatoms. The maximum Gasteiger partial charge on any atom is 0.286 e. The molecule has 0 unspecified atom stereocenters. The molecule has 1 heterocycles. The molecule has 0 aliphatic heterocycles. The molecule has 94 valence electrons. The molecule has 0 spiro atoms. The SMILES string of the molecule is CC(C)(C)SCC(=O)NNC(=O)c1ccc[nH]1. The smallest absolute Gasteiger partial charge is 0.286 e. The van der Waals surface area contributed by atoms with Crippen LogP contribution in [0.5, 0.6) is 0 Å². The van der Waals surface area contributed by atoms with Crippen LogP contribution in [0, 0.1) is 0 Å². The van der Waals surface area contributed by atoms with Crippen molar-refractivity contribution in [3.8, 4) is 0 Å². The molecule has 0 aliphatic carbocycles. The molecule has 0 bridgehead atoms. The van der Waals surface area contributed by atoms with E-state index in [0.717, 1.165) is 0 Å². The topological polar surface area (TPSA) is 74.0 Å². The van der Waals surface area contributed by atoms with Crippen LogP contribution >= 0.6 is 11.8 Å². The Balaban J connectivity index is 2.27. The Hall–Kier alpha value is -1.43. The third-order valence-electron chi connectivity index (χ3n) is 1.79. The summed E-state index contributed by atoms with van der Waals surface area (Å²) in [6.07, 6.45) is 1.65. The number of aromatic nitrogens is 1. The average molecular weight is 255 g/mol. The van der Waals surface area contributed by atoms with E-state index in [1.165, 1.54) is 11.8 Å². The summed E-state index contributed by atoms with van der Waals surface area (Å²) in [4.78, 5) is 25.6. The van der Waals surface area contributed by atoms with Gasteiger partial charge in [-0.2, -0.15) is 0 Å². The van der Waals surface area contributed by atoms with Crippen LogP contribution < -0.4 is 10.9 Å². The van der Waals surface area contributed by atoms with E-state index >= 15 is 0 Å². The number of hydrazine groups is 1. The van der Waals surface area contributed by atoms with Crippen molar-refractivity contribution in [2.45, 2.75) is 25.5 Å². The summed E-state index contributed by atoms with van der Waals surface area (Å²) in [6, 6.07) is 3.34. The quantitative estimate of drug-likeness (QED) is 0.713. The van der Waals surface area contributed by atoms with Gasteiger partial charge in [-0.25, -0.2) is 0 Å². The number of thioether (sulfide) groups is 1. The normalized spacial score (nSPS) is 11.0. The molecule has 0 aliphatic rings. The number of hydrogen-bond acceptors (Lipinski definition) is 3. The number of amides is 2. The maximum absolute atomic E-state index is 11.4. The highest BCUT2D eigenvalue weighted by molar-refractivity contribution is 8.01. The summed E-state index contributed by atoms with van der Waals surface area (Å²) in [5.74, 6) is -0.261. The zero-order valence-corrected chi connectivity index (χ0v) is 11.0. The van der Waals surface area contributed by atoms with Crippen molar-refractivity contribution in [3.05, 3.63) is 24.0 Å². The third-order valence-corrected chi connectivity index (χ3v) is 3.07. The van der Waals surface area contributed by atoms with Crippen LogP contribution in [0.15, 0.2) is 18.3 Å². The van der Waals surface area contributed by atoms with Gasteiger partial charge in [-0.15, -0.1) is 11.8 Å². The number of rotatable bonds is 3. The zero-order chi connectivity index (χ0) is 12.9. The Labute approximate surface area is 105 Å². The Morgan fingerprint density at radius 3 is 2.59 bits per heavy atom. The van der Waals surface area contributed by atoms with E-state index in [9.17, 15) is 9.59 Å². The number of hydrogen-bond donors (Lipinski definition) is 3. The van der Waals surface area contributed by atoms with Gasteiger partial charge in [0.05, 0.1) is 5.75 Å². The van der Waals surface area contributed by atoms with E-state index < -0.39 is 0 Å². The Morgan fingerprint density at radius 2 is 2.06 bits per heavy atom. The second-order valence-corrected chi connectivity index (χ2v) is 6.29. The van der Waals surface area contributed by atoms with Crippen LogP contribution in [-0.2, 0) is 4.79 Å². The van der Waals surface area contributed by atoms with Crippen LogP contribution in [0.2, 0.25) is 0 Å². The third kappa shape index (κ3) is 5.44. The molecule has 0 atom stereocenters.